The molecule has 1 rings (SSSR count). The molecule has 0 aromatic rings. The van der Waals surface area contributed by atoms with Gasteiger partial charge in [-0.3, -0.25) is 0 Å². The predicted octanol–water partition coefficient (Wildman–Crippen LogP) is 1.80. The summed E-state index contributed by atoms with van der Waals surface area (Å²) < 4.78 is 30.6. The van der Waals surface area contributed by atoms with E-state index in [-0.39, 0.29) is 0 Å². The van der Waals surface area contributed by atoms with Gasteiger partial charge in [-0.05, 0) is 25.8 Å². The molecule has 0 saturated carbocycles. The van der Waals surface area contributed by atoms with E-state index in [2.05, 4.69) is 5.32 Å². The van der Waals surface area contributed by atoms with Crippen LogP contribution in [-0.4, -0.2) is 31.7 Å². The van der Waals surface area contributed by atoms with Crippen LogP contribution in [0.4, 0.5) is 8.78 Å². The maximum absolute atomic E-state index is 12.8. The number of halogens is 2. The van der Waals surface area contributed by atoms with Gasteiger partial charge in [-0.25, -0.2) is 8.78 Å². The maximum Gasteiger partial charge on any atom is 0.256 e. The molecule has 0 atom stereocenters. The van der Waals surface area contributed by atoms with Crippen molar-refractivity contribution in [3.8, 4) is 0 Å². The van der Waals surface area contributed by atoms with E-state index in [1.807, 2.05) is 6.92 Å². The number of hydrogen-bond acceptors (Lipinski definition) is 2. The highest BCUT2D eigenvalue weighted by Gasteiger charge is 2.40. The van der Waals surface area contributed by atoms with Crippen LogP contribution in [0.3, 0.4) is 0 Å². The molecule has 1 saturated heterocycles. The zero-order valence-corrected chi connectivity index (χ0v) is 7.98. The Hall–Kier alpha value is -0.220. The lowest BCUT2D eigenvalue weighted by molar-refractivity contribution is -0.0459. The zero-order valence-electron chi connectivity index (χ0n) is 7.98. The third-order valence-corrected chi connectivity index (χ3v) is 2.53. The van der Waals surface area contributed by atoms with Crippen LogP contribution in [0.5, 0.6) is 0 Å². The highest BCUT2D eigenvalue weighted by Crippen LogP contribution is 2.27. The minimum absolute atomic E-state index is 0.421. The molecular formula is C9H17F2NO. The molecule has 1 aliphatic heterocycles. The minimum atomic E-state index is -2.29. The lowest BCUT2D eigenvalue weighted by Crippen LogP contribution is -2.55. The van der Waals surface area contributed by atoms with Crippen LogP contribution in [0.25, 0.3) is 0 Å². The van der Waals surface area contributed by atoms with Gasteiger partial charge in [0.05, 0.1) is 5.54 Å². The van der Waals surface area contributed by atoms with E-state index in [0.717, 1.165) is 6.42 Å². The van der Waals surface area contributed by atoms with E-state index in [1.54, 1.807) is 0 Å². The summed E-state index contributed by atoms with van der Waals surface area (Å²) in [5, 5.41) is 2.95. The molecule has 1 fully saturated rings. The lowest BCUT2D eigenvalue weighted by atomic mass is 9.90. The molecule has 0 spiro atoms. The van der Waals surface area contributed by atoms with Gasteiger partial charge in [0.1, 0.15) is 0 Å². The molecule has 0 aromatic heterocycles. The van der Waals surface area contributed by atoms with Gasteiger partial charge < -0.3 is 10.1 Å². The van der Waals surface area contributed by atoms with Gasteiger partial charge in [-0.15, -0.1) is 0 Å². The number of rotatable bonds is 4. The maximum atomic E-state index is 12.8. The Labute approximate surface area is 77.6 Å². The van der Waals surface area contributed by atoms with Gasteiger partial charge in [-0.2, -0.15) is 0 Å². The summed E-state index contributed by atoms with van der Waals surface area (Å²) in [6.45, 7) is 3.53. The average molecular weight is 193 g/mol. The van der Waals surface area contributed by atoms with E-state index in [4.69, 9.17) is 4.74 Å². The third-order valence-electron chi connectivity index (χ3n) is 2.53. The molecule has 1 heterocycles. The highest BCUT2D eigenvalue weighted by molar-refractivity contribution is 4.92. The molecule has 0 amide bonds. The van der Waals surface area contributed by atoms with E-state index < -0.39 is 12.0 Å². The van der Waals surface area contributed by atoms with Gasteiger partial charge >= 0.3 is 0 Å². The Kier molecular flexibility index (Phi) is 4.06. The van der Waals surface area contributed by atoms with Crippen molar-refractivity contribution < 1.29 is 13.5 Å². The second-order valence-electron chi connectivity index (χ2n) is 3.50. The monoisotopic (exact) mass is 193 g/mol. The van der Waals surface area contributed by atoms with Crippen LogP contribution in [0, 0.1) is 0 Å². The fourth-order valence-corrected chi connectivity index (χ4v) is 1.58. The topological polar surface area (TPSA) is 21.3 Å². The Bertz CT molecular complexity index is 147. The quantitative estimate of drug-likeness (QED) is 0.735. The van der Waals surface area contributed by atoms with E-state index in [1.165, 1.54) is 0 Å². The van der Waals surface area contributed by atoms with Crippen molar-refractivity contribution in [1.29, 1.82) is 0 Å². The summed E-state index contributed by atoms with van der Waals surface area (Å²) >= 11 is 0. The van der Waals surface area contributed by atoms with Crippen LogP contribution >= 0.6 is 0 Å². The minimum Gasteiger partial charge on any atom is -0.381 e. The van der Waals surface area contributed by atoms with Crippen molar-refractivity contribution in [2.45, 2.75) is 38.2 Å². The van der Waals surface area contributed by atoms with Crippen molar-refractivity contribution in [3.05, 3.63) is 0 Å². The molecule has 0 aliphatic carbocycles. The van der Waals surface area contributed by atoms with Gasteiger partial charge in [0.2, 0.25) is 0 Å². The molecule has 0 radical (unpaired) electrons. The predicted molar refractivity (Wildman–Crippen MR) is 47.1 cm³/mol. The molecule has 13 heavy (non-hydrogen) atoms. The lowest BCUT2D eigenvalue weighted by Gasteiger charge is -2.37. The van der Waals surface area contributed by atoms with Gasteiger partial charge in [-0.1, -0.05) is 6.92 Å². The number of alkyl halides is 2. The molecule has 0 unspecified atom stereocenters. The van der Waals surface area contributed by atoms with Crippen molar-refractivity contribution in [1.82, 2.24) is 5.32 Å². The molecule has 0 bridgehead atoms. The van der Waals surface area contributed by atoms with Crippen molar-refractivity contribution in [2.24, 2.45) is 0 Å². The largest absolute Gasteiger partial charge is 0.381 e. The Morgan fingerprint density at radius 2 is 2.00 bits per heavy atom. The first-order valence-electron chi connectivity index (χ1n) is 4.82. The molecular weight excluding hydrogens is 176 g/mol. The Morgan fingerprint density at radius 1 is 1.38 bits per heavy atom. The summed E-state index contributed by atoms with van der Waals surface area (Å²) in [5.41, 5.74) is -0.978. The molecule has 78 valence electrons. The smallest absolute Gasteiger partial charge is 0.256 e. The first-order chi connectivity index (χ1) is 6.21. The van der Waals surface area contributed by atoms with Crippen molar-refractivity contribution in [2.75, 3.05) is 19.8 Å². The van der Waals surface area contributed by atoms with Crippen LogP contribution in [-0.2, 0) is 4.74 Å². The Balaban J connectivity index is 2.51. The van der Waals surface area contributed by atoms with Crippen molar-refractivity contribution in [3.63, 3.8) is 0 Å². The zero-order chi connectivity index (χ0) is 9.73. The molecule has 0 aromatic carbocycles. The summed E-state index contributed by atoms with van der Waals surface area (Å²) in [7, 11) is 0. The fraction of sp³-hybridized carbons (Fsp3) is 1.00. The van der Waals surface area contributed by atoms with Crippen LogP contribution < -0.4 is 5.32 Å². The second kappa shape index (κ2) is 4.86. The SMILES string of the molecule is CCCNC1(C(F)F)CCOCC1. The molecule has 1 N–H and O–H groups in total. The van der Waals surface area contributed by atoms with Crippen molar-refractivity contribution >= 4 is 0 Å². The van der Waals surface area contributed by atoms with E-state index in [0.29, 0.717) is 32.6 Å². The number of hydrogen-bond donors (Lipinski definition) is 1. The van der Waals surface area contributed by atoms with Crippen LogP contribution in [0.2, 0.25) is 0 Å². The van der Waals surface area contributed by atoms with Crippen LogP contribution in [0.15, 0.2) is 0 Å². The molecule has 2 nitrogen and oxygen atoms in total. The Morgan fingerprint density at radius 3 is 2.46 bits per heavy atom. The van der Waals surface area contributed by atoms with Crippen LogP contribution in [0.1, 0.15) is 26.2 Å². The summed E-state index contributed by atoms with van der Waals surface area (Å²) in [6, 6.07) is 0. The summed E-state index contributed by atoms with van der Waals surface area (Å²) in [4.78, 5) is 0. The summed E-state index contributed by atoms with van der Waals surface area (Å²) in [6.07, 6.45) is -0.562. The fourth-order valence-electron chi connectivity index (χ4n) is 1.58. The number of nitrogens with one attached hydrogen (secondary N) is 1. The summed E-state index contributed by atoms with van der Waals surface area (Å²) in [5.74, 6) is 0. The van der Waals surface area contributed by atoms with Gasteiger partial charge in [0.25, 0.3) is 6.43 Å². The first-order valence-corrected chi connectivity index (χ1v) is 4.82. The highest BCUT2D eigenvalue weighted by atomic mass is 19.3. The van der Waals surface area contributed by atoms with Gasteiger partial charge in [0.15, 0.2) is 0 Å². The van der Waals surface area contributed by atoms with Gasteiger partial charge in [0, 0.05) is 13.2 Å². The number of ether oxygens (including phenoxy) is 1. The second-order valence-corrected chi connectivity index (χ2v) is 3.50. The van der Waals surface area contributed by atoms with E-state index in [9.17, 15) is 8.78 Å². The normalized spacial score (nSPS) is 22.2. The third kappa shape index (κ3) is 2.61. The standard InChI is InChI=1S/C9H17F2NO/c1-2-5-12-9(8(10)11)3-6-13-7-4-9/h8,12H,2-7H2,1H3. The molecule has 4 heteroatoms. The first kappa shape index (κ1) is 10.9. The average Bonchev–Trinajstić information content (AvgIpc) is 2.16. The molecule has 1 aliphatic rings. The van der Waals surface area contributed by atoms with E-state index >= 15 is 0 Å².